The Hall–Kier alpha value is -3.34. The van der Waals surface area contributed by atoms with Crippen LogP contribution in [0.2, 0.25) is 0 Å². The van der Waals surface area contributed by atoms with E-state index in [1.807, 2.05) is 30.3 Å². The number of amidine groups is 1. The van der Waals surface area contributed by atoms with E-state index in [2.05, 4.69) is 10.3 Å². The van der Waals surface area contributed by atoms with E-state index in [4.69, 9.17) is 0 Å². The van der Waals surface area contributed by atoms with Gasteiger partial charge in [0.25, 0.3) is 5.91 Å². The zero-order valence-corrected chi connectivity index (χ0v) is 19.4. The van der Waals surface area contributed by atoms with E-state index >= 15 is 0 Å². The fraction of sp³-hybridized carbons (Fsp3) is 0.333. The van der Waals surface area contributed by atoms with Crippen LogP contribution in [0.4, 0.5) is 13.2 Å². The number of rotatable bonds is 4. The number of amides is 3. The van der Waals surface area contributed by atoms with Crippen LogP contribution in [0.25, 0.3) is 0 Å². The topological polar surface area (TPSA) is 82.1 Å². The smallest absolute Gasteiger partial charge is 0.339 e. The molecule has 2 aromatic carbocycles. The van der Waals surface area contributed by atoms with Gasteiger partial charge in [-0.3, -0.25) is 19.4 Å². The first-order chi connectivity index (χ1) is 16.7. The molecule has 0 aliphatic carbocycles. The third-order valence-corrected chi connectivity index (χ3v) is 6.74. The molecule has 1 N–H and O–H groups in total. The van der Waals surface area contributed by atoms with Crippen LogP contribution in [0, 0.1) is 0 Å². The van der Waals surface area contributed by atoms with Crippen LogP contribution in [-0.2, 0) is 15.8 Å². The van der Waals surface area contributed by atoms with Crippen molar-refractivity contribution in [3.63, 3.8) is 0 Å². The van der Waals surface area contributed by atoms with Gasteiger partial charge in [-0.2, -0.15) is 13.2 Å². The standard InChI is InChI=1S/C24H23F3N4O3S/c25-24(26,27)18-9-5-4-8-17(18)22(34)31-12-10-30(11-13-31)21(33)14-20(32)29-23-28-19(15-35-23)16-6-2-1-3-7-16/h1-9,19H,10-15H2,(H,28,29,32). The molecule has 0 spiro atoms. The number of piperazine rings is 1. The summed E-state index contributed by atoms with van der Waals surface area (Å²) in [5.41, 5.74) is -0.351. The Kier molecular flexibility index (Phi) is 7.44. The molecule has 2 aromatic rings. The molecule has 184 valence electrons. The fourth-order valence-corrected chi connectivity index (χ4v) is 4.92. The zero-order valence-electron chi connectivity index (χ0n) is 18.6. The molecule has 1 fully saturated rings. The molecule has 0 bridgehead atoms. The summed E-state index contributed by atoms with van der Waals surface area (Å²) >= 11 is 1.41. The summed E-state index contributed by atoms with van der Waals surface area (Å²) < 4.78 is 39.7. The number of nitrogens with zero attached hydrogens (tertiary/aromatic N) is 3. The molecule has 3 amide bonds. The molecule has 35 heavy (non-hydrogen) atoms. The van der Waals surface area contributed by atoms with Crippen molar-refractivity contribution in [3.8, 4) is 0 Å². The molecule has 2 aliphatic rings. The summed E-state index contributed by atoms with van der Waals surface area (Å²) in [6.45, 7) is 0.440. The van der Waals surface area contributed by atoms with Gasteiger partial charge in [-0.15, -0.1) is 0 Å². The number of aliphatic imine (C=N–C) groups is 1. The van der Waals surface area contributed by atoms with E-state index in [0.29, 0.717) is 10.9 Å². The number of halogens is 3. The lowest BCUT2D eigenvalue weighted by Gasteiger charge is -2.35. The maximum Gasteiger partial charge on any atom is 0.417 e. The average molecular weight is 505 g/mol. The Balaban J connectivity index is 1.27. The Morgan fingerprint density at radius 1 is 0.943 bits per heavy atom. The number of nitrogens with one attached hydrogen (secondary N) is 1. The maximum absolute atomic E-state index is 13.2. The third-order valence-electron chi connectivity index (χ3n) is 5.78. The van der Waals surface area contributed by atoms with Gasteiger partial charge in [0, 0.05) is 31.9 Å². The molecular weight excluding hydrogens is 481 g/mol. The van der Waals surface area contributed by atoms with Crippen molar-refractivity contribution in [3.05, 3.63) is 71.3 Å². The van der Waals surface area contributed by atoms with Crippen molar-refractivity contribution in [2.45, 2.75) is 18.6 Å². The minimum atomic E-state index is -4.64. The van der Waals surface area contributed by atoms with Crippen LogP contribution in [0.5, 0.6) is 0 Å². The Labute approximate surface area is 204 Å². The van der Waals surface area contributed by atoms with Gasteiger partial charge in [0.2, 0.25) is 11.8 Å². The van der Waals surface area contributed by atoms with Gasteiger partial charge in [0.1, 0.15) is 6.42 Å². The quantitative estimate of drug-likeness (QED) is 0.648. The molecule has 1 saturated heterocycles. The van der Waals surface area contributed by atoms with Crippen molar-refractivity contribution in [1.29, 1.82) is 0 Å². The van der Waals surface area contributed by atoms with Crippen molar-refractivity contribution in [1.82, 2.24) is 15.1 Å². The normalized spacial score (nSPS) is 18.3. The predicted octanol–water partition coefficient (Wildman–Crippen LogP) is 3.34. The van der Waals surface area contributed by atoms with Crippen molar-refractivity contribution in [2.75, 3.05) is 31.9 Å². The van der Waals surface area contributed by atoms with E-state index < -0.39 is 35.0 Å². The number of thioether (sulfide) groups is 1. The van der Waals surface area contributed by atoms with Gasteiger partial charge in [0.15, 0.2) is 5.17 Å². The van der Waals surface area contributed by atoms with Crippen LogP contribution in [0.1, 0.15) is 33.9 Å². The summed E-state index contributed by atoms with van der Waals surface area (Å²) in [5.74, 6) is -0.922. The minimum Gasteiger partial charge on any atom is -0.339 e. The highest BCUT2D eigenvalue weighted by molar-refractivity contribution is 8.14. The lowest BCUT2D eigenvalue weighted by Crippen LogP contribution is -2.51. The van der Waals surface area contributed by atoms with Crippen LogP contribution >= 0.6 is 11.8 Å². The van der Waals surface area contributed by atoms with Gasteiger partial charge in [-0.25, -0.2) is 0 Å². The van der Waals surface area contributed by atoms with Gasteiger partial charge in [-0.1, -0.05) is 54.2 Å². The van der Waals surface area contributed by atoms with Crippen LogP contribution in [0.3, 0.4) is 0 Å². The number of alkyl halides is 3. The summed E-state index contributed by atoms with van der Waals surface area (Å²) in [5, 5.41) is 3.14. The predicted molar refractivity (Wildman–Crippen MR) is 126 cm³/mol. The zero-order chi connectivity index (χ0) is 25.0. The molecule has 1 unspecified atom stereocenters. The van der Waals surface area contributed by atoms with E-state index in [1.165, 1.54) is 33.7 Å². The second kappa shape index (κ2) is 10.5. The second-order valence-electron chi connectivity index (χ2n) is 8.11. The van der Waals surface area contributed by atoms with Crippen molar-refractivity contribution >= 4 is 34.7 Å². The summed E-state index contributed by atoms with van der Waals surface area (Å²) in [4.78, 5) is 44.8. The maximum atomic E-state index is 13.2. The first kappa shape index (κ1) is 24.8. The highest BCUT2D eigenvalue weighted by Crippen LogP contribution is 2.32. The van der Waals surface area contributed by atoms with E-state index in [9.17, 15) is 27.6 Å². The Morgan fingerprint density at radius 3 is 2.26 bits per heavy atom. The average Bonchev–Trinajstić information content (AvgIpc) is 3.32. The first-order valence-electron chi connectivity index (χ1n) is 11.0. The monoisotopic (exact) mass is 504 g/mol. The molecule has 0 saturated carbocycles. The van der Waals surface area contributed by atoms with Gasteiger partial charge >= 0.3 is 6.18 Å². The summed E-state index contributed by atoms with van der Waals surface area (Å²) in [6.07, 6.45) is -5.01. The van der Waals surface area contributed by atoms with Gasteiger partial charge in [0.05, 0.1) is 17.2 Å². The first-order valence-corrected chi connectivity index (χ1v) is 12.0. The van der Waals surface area contributed by atoms with E-state index in [0.717, 1.165) is 17.7 Å². The van der Waals surface area contributed by atoms with Crippen molar-refractivity contribution < 1.29 is 27.6 Å². The lowest BCUT2D eigenvalue weighted by atomic mass is 10.1. The molecule has 2 heterocycles. The number of hydrogen-bond donors (Lipinski definition) is 1. The second-order valence-corrected chi connectivity index (χ2v) is 9.12. The number of benzene rings is 2. The molecule has 1 atom stereocenters. The van der Waals surface area contributed by atoms with Gasteiger partial charge in [-0.05, 0) is 17.7 Å². The molecule has 0 radical (unpaired) electrons. The number of carbonyl (C=O) groups is 3. The molecular formula is C24H23F3N4O3S. The molecule has 0 aromatic heterocycles. The highest BCUT2D eigenvalue weighted by Gasteiger charge is 2.36. The summed E-state index contributed by atoms with van der Waals surface area (Å²) in [7, 11) is 0. The lowest BCUT2D eigenvalue weighted by molar-refractivity contribution is -0.138. The minimum absolute atomic E-state index is 0.0553. The summed E-state index contributed by atoms with van der Waals surface area (Å²) in [6, 6.07) is 14.3. The SMILES string of the molecule is O=C(CC(=O)N1CCN(C(=O)c2ccccc2C(F)(F)F)CC1)NC1=NC(c2ccccc2)CS1. The Bertz CT molecular complexity index is 1130. The van der Waals surface area contributed by atoms with Crippen LogP contribution in [-0.4, -0.2) is 64.6 Å². The molecule has 11 heteroatoms. The number of carbonyl (C=O) groups excluding carboxylic acids is 3. The van der Waals surface area contributed by atoms with Crippen LogP contribution in [0.15, 0.2) is 59.6 Å². The highest BCUT2D eigenvalue weighted by atomic mass is 32.2. The molecule has 4 rings (SSSR count). The van der Waals surface area contributed by atoms with E-state index in [1.54, 1.807) is 0 Å². The third kappa shape index (κ3) is 6.02. The van der Waals surface area contributed by atoms with Crippen LogP contribution < -0.4 is 5.32 Å². The van der Waals surface area contributed by atoms with Crippen molar-refractivity contribution in [2.24, 2.45) is 4.99 Å². The molecule has 7 nitrogen and oxygen atoms in total. The molecule has 2 aliphatic heterocycles. The number of hydrogen-bond acceptors (Lipinski definition) is 5. The van der Waals surface area contributed by atoms with Gasteiger partial charge < -0.3 is 15.1 Å². The largest absolute Gasteiger partial charge is 0.417 e. The van der Waals surface area contributed by atoms with E-state index in [-0.39, 0.29) is 38.6 Å². The fourth-order valence-electron chi connectivity index (χ4n) is 3.95. The Morgan fingerprint density at radius 2 is 1.57 bits per heavy atom.